The highest BCUT2D eigenvalue weighted by Gasteiger charge is 2.20. The lowest BCUT2D eigenvalue weighted by Crippen LogP contribution is -2.44. The third-order valence-electron chi connectivity index (χ3n) is 2.96. The summed E-state index contributed by atoms with van der Waals surface area (Å²) >= 11 is 3.37. The van der Waals surface area contributed by atoms with Crippen molar-refractivity contribution in [3.05, 3.63) is 34.6 Å². The summed E-state index contributed by atoms with van der Waals surface area (Å²) in [4.78, 5) is 16.1. The molecule has 7 nitrogen and oxygen atoms in total. The molecule has 2 rings (SSSR count). The first-order valence-electron chi connectivity index (χ1n) is 6.65. The molecule has 0 aliphatic carbocycles. The fraction of sp³-hybridized carbons (Fsp3) is 0.357. The van der Waals surface area contributed by atoms with Crippen molar-refractivity contribution in [1.29, 1.82) is 0 Å². The van der Waals surface area contributed by atoms with Crippen molar-refractivity contribution in [2.45, 2.75) is 19.0 Å². The molecular weight excluding hydrogens is 388 g/mol. The normalized spacial score (nSPS) is 13.0. The van der Waals surface area contributed by atoms with E-state index in [0.29, 0.717) is 11.7 Å². The van der Waals surface area contributed by atoms with E-state index in [9.17, 15) is 4.79 Å². The molecular formula is C14H18BrClN4O3. The van der Waals surface area contributed by atoms with Crippen LogP contribution >= 0.6 is 28.3 Å². The van der Waals surface area contributed by atoms with Gasteiger partial charge in [0.25, 0.3) is 0 Å². The maximum absolute atomic E-state index is 11.8. The van der Waals surface area contributed by atoms with Crippen LogP contribution in [0.2, 0.25) is 0 Å². The second-order valence-corrected chi connectivity index (χ2v) is 5.67. The van der Waals surface area contributed by atoms with E-state index in [2.05, 4.69) is 31.4 Å². The number of nitrogens with zero attached hydrogens (tertiary/aromatic N) is 2. The first kappa shape index (κ1) is 19.6. The van der Waals surface area contributed by atoms with Crippen molar-refractivity contribution in [3.63, 3.8) is 0 Å². The minimum absolute atomic E-state index is 0. The number of nitrogens with two attached hydrogens (primary N) is 1. The molecule has 1 amide bonds. The molecule has 0 fully saturated rings. The molecule has 1 aromatic heterocycles. The van der Waals surface area contributed by atoms with Crippen LogP contribution in [0.4, 0.5) is 0 Å². The Morgan fingerprint density at radius 3 is 2.70 bits per heavy atom. The van der Waals surface area contributed by atoms with Gasteiger partial charge in [-0.1, -0.05) is 21.1 Å². The van der Waals surface area contributed by atoms with Crippen LogP contribution in [0.25, 0.3) is 11.4 Å². The van der Waals surface area contributed by atoms with Crippen LogP contribution in [0.15, 0.2) is 33.3 Å². The molecule has 9 heteroatoms. The van der Waals surface area contributed by atoms with Crippen molar-refractivity contribution in [2.24, 2.45) is 5.73 Å². The molecule has 0 saturated carbocycles. The summed E-state index contributed by atoms with van der Waals surface area (Å²) in [5.41, 5.74) is 6.48. The smallest absolute Gasteiger partial charge is 0.249 e. The number of methoxy groups -OCH3 is 1. The van der Waals surface area contributed by atoms with Crippen LogP contribution < -0.4 is 11.1 Å². The molecule has 23 heavy (non-hydrogen) atoms. The molecule has 126 valence electrons. The van der Waals surface area contributed by atoms with Crippen molar-refractivity contribution in [1.82, 2.24) is 15.5 Å². The molecule has 0 spiro atoms. The average Bonchev–Trinajstić information content (AvgIpc) is 2.98. The Morgan fingerprint density at radius 2 is 2.09 bits per heavy atom. The number of aromatic nitrogens is 2. The molecule has 0 radical (unpaired) electrons. The molecule has 2 atom stereocenters. The highest BCUT2D eigenvalue weighted by molar-refractivity contribution is 9.10. The predicted octanol–water partition coefficient (Wildman–Crippen LogP) is 2.07. The van der Waals surface area contributed by atoms with Crippen LogP contribution in [0.5, 0.6) is 0 Å². The quantitative estimate of drug-likeness (QED) is 0.762. The third-order valence-corrected chi connectivity index (χ3v) is 3.49. The first-order valence-corrected chi connectivity index (χ1v) is 7.45. The van der Waals surface area contributed by atoms with E-state index in [0.717, 1.165) is 10.0 Å². The zero-order valence-corrected chi connectivity index (χ0v) is 15.1. The zero-order chi connectivity index (χ0) is 16.1. The van der Waals surface area contributed by atoms with Gasteiger partial charge in [-0.15, -0.1) is 12.4 Å². The second kappa shape index (κ2) is 8.97. The van der Waals surface area contributed by atoms with Gasteiger partial charge < -0.3 is 20.3 Å². The average molecular weight is 406 g/mol. The lowest BCUT2D eigenvalue weighted by atomic mass is 10.2. The number of rotatable bonds is 6. The summed E-state index contributed by atoms with van der Waals surface area (Å²) in [5, 5.41) is 6.62. The van der Waals surface area contributed by atoms with E-state index in [1.165, 1.54) is 7.11 Å². The number of amides is 1. The molecule has 0 bridgehead atoms. The molecule has 1 aromatic carbocycles. The summed E-state index contributed by atoms with van der Waals surface area (Å²) in [6.45, 7) is 1.89. The fourth-order valence-electron chi connectivity index (χ4n) is 1.76. The van der Waals surface area contributed by atoms with E-state index in [4.69, 9.17) is 15.0 Å². The standard InChI is InChI=1S/C14H17BrN4O3.ClH/c1-8(17-13(20)11(16)7-21-2)14-18-12(19-22-14)9-3-5-10(15)6-4-9;/h3-6,8,11H,7,16H2,1-2H3,(H,17,20);1H. The van der Waals surface area contributed by atoms with Gasteiger partial charge in [0.15, 0.2) is 0 Å². The molecule has 0 aliphatic rings. The number of nitrogens with one attached hydrogen (secondary N) is 1. The molecule has 1 heterocycles. The molecule has 0 saturated heterocycles. The van der Waals surface area contributed by atoms with Gasteiger partial charge in [0.2, 0.25) is 17.6 Å². The summed E-state index contributed by atoms with van der Waals surface area (Å²) in [7, 11) is 1.49. The Bertz CT molecular complexity index is 635. The second-order valence-electron chi connectivity index (χ2n) is 4.76. The monoisotopic (exact) mass is 404 g/mol. The van der Waals surface area contributed by atoms with Crippen LogP contribution in [0, 0.1) is 0 Å². The Kier molecular flexibility index (Phi) is 7.63. The number of halogens is 2. The van der Waals surface area contributed by atoms with Crippen LogP contribution in [0.3, 0.4) is 0 Å². The van der Waals surface area contributed by atoms with Crippen molar-refractivity contribution in [2.75, 3.05) is 13.7 Å². The van der Waals surface area contributed by atoms with Crippen LogP contribution in [-0.4, -0.2) is 35.8 Å². The number of ether oxygens (including phenoxy) is 1. The maximum Gasteiger partial charge on any atom is 0.249 e. The minimum atomic E-state index is -0.735. The Balaban J connectivity index is 0.00000264. The summed E-state index contributed by atoms with van der Waals surface area (Å²) < 4.78 is 11.0. The third kappa shape index (κ3) is 5.28. The lowest BCUT2D eigenvalue weighted by molar-refractivity contribution is -0.124. The lowest BCUT2D eigenvalue weighted by Gasteiger charge is -2.14. The molecule has 2 aromatic rings. The van der Waals surface area contributed by atoms with E-state index < -0.39 is 12.1 Å². The number of hydrogen-bond acceptors (Lipinski definition) is 6. The van der Waals surface area contributed by atoms with E-state index in [-0.39, 0.29) is 24.9 Å². The zero-order valence-electron chi connectivity index (χ0n) is 12.7. The van der Waals surface area contributed by atoms with Crippen molar-refractivity contribution >= 4 is 34.2 Å². The van der Waals surface area contributed by atoms with Crippen molar-refractivity contribution in [3.8, 4) is 11.4 Å². The number of benzene rings is 1. The summed E-state index contributed by atoms with van der Waals surface area (Å²) in [6.07, 6.45) is 0. The Hall–Kier alpha value is -1.48. The Labute approximate surface area is 148 Å². The van der Waals surface area contributed by atoms with Gasteiger partial charge in [-0.05, 0) is 31.2 Å². The molecule has 3 N–H and O–H groups in total. The number of carbonyl (C=O) groups excluding carboxylic acids is 1. The first-order chi connectivity index (χ1) is 10.5. The SMILES string of the molecule is COCC(N)C(=O)NC(C)c1nc(-c2ccc(Br)cc2)no1.Cl. The number of carbonyl (C=O) groups is 1. The van der Waals surface area contributed by atoms with E-state index in [1.54, 1.807) is 6.92 Å². The van der Waals surface area contributed by atoms with Gasteiger partial charge in [-0.25, -0.2) is 0 Å². The summed E-state index contributed by atoms with van der Waals surface area (Å²) in [6, 6.07) is 6.35. The van der Waals surface area contributed by atoms with Gasteiger partial charge in [0.05, 0.1) is 6.61 Å². The van der Waals surface area contributed by atoms with E-state index >= 15 is 0 Å². The maximum atomic E-state index is 11.8. The van der Waals surface area contributed by atoms with Crippen molar-refractivity contribution < 1.29 is 14.1 Å². The molecule has 0 aliphatic heterocycles. The van der Waals surface area contributed by atoms with Gasteiger partial charge >= 0.3 is 0 Å². The molecule has 2 unspecified atom stereocenters. The van der Waals surface area contributed by atoms with Gasteiger partial charge in [0.1, 0.15) is 12.1 Å². The van der Waals surface area contributed by atoms with Gasteiger partial charge in [-0.3, -0.25) is 4.79 Å². The Morgan fingerprint density at radius 1 is 1.43 bits per heavy atom. The van der Waals surface area contributed by atoms with Gasteiger partial charge in [-0.2, -0.15) is 4.98 Å². The number of hydrogen-bond donors (Lipinski definition) is 2. The fourth-order valence-corrected chi connectivity index (χ4v) is 2.03. The summed E-state index contributed by atoms with van der Waals surface area (Å²) in [5.74, 6) is 0.443. The van der Waals surface area contributed by atoms with Crippen LogP contribution in [-0.2, 0) is 9.53 Å². The largest absolute Gasteiger partial charge is 0.383 e. The highest BCUT2D eigenvalue weighted by Crippen LogP contribution is 2.20. The van der Waals surface area contributed by atoms with Crippen LogP contribution in [0.1, 0.15) is 18.9 Å². The predicted molar refractivity (Wildman–Crippen MR) is 91.1 cm³/mol. The van der Waals surface area contributed by atoms with E-state index in [1.807, 2.05) is 24.3 Å². The van der Waals surface area contributed by atoms with Gasteiger partial charge in [0, 0.05) is 17.1 Å². The minimum Gasteiger partial charge on any atom is -0.383 e. The topological polar surface area (TPSA) is 103 Å². The highest BCUT2D eigenvalue weighted by atomic mass is 79.9.